The molecule has 2 N–H and O–H groups in total. The number of hydrogen-bond acceptors (Lipinski definition) is 2. The predicted octanol–water partition coefficient (Wildman–Crippen LogP) is 2.80. The summed E-state index contributed by atoms with van der Waals surface area (Å²) >= 11 is 5.84. The summed E-state index contributed by atoms with van der Waals surface area (Å²) in [7, 11) is 0. The fraction of sp³-hybridized carbons (Fsp3) is 0.636. The van der Waals surface area contributed by atoms with Crippen LogP contribution in [0.15, 0.2) is 10.5 Å². The third-order valence-electron chi connectivity index (χ3n) is 3.28. The van der Waals surface area contributed by atoms with Crippen LogP contribution in [-0.2, 0) is 6.42 Å². The maximum Gasteiger partial charge on any atom is 0.193 e. The summed E-state index contributed by atoms with van der Waals surface area (Å²) in [5, 5.41) is 0.510. The summed E-state index contributed by atoms with van der Waals surface area (Å²) in [6.07, 6.45) is 0.997. The van der Waals surface area contributed by atoms with E-state index in [0.717, 1.165) is 18.7 Å². The van der Waals surface area contributed by atoms with Gasteiger partial charge in [0.15, 0.2) is 5.22 Å². The summed E-state index contributed by atoms with van der Waals surface area (Å²) in [5.41, 5.74) is 6.99. The highest BCUT2D eigenvalue weighted by Gasteiger charge is 2.35. The molecular weight excluding hydrogens is 198 g/mol. The first-order valence-electron chi connectivity index (χ1n) is 5.11. The Morgan fingerprint density at radius 2 is 2.43 bits per heavy atom. The number of halogens is 1. The van der Waals surface area contributed by atoms with Crippen LogP contribution in [0.1, 0.15) is 31.1 Å². The van der Waals surface area contributed by atoms with E-state index in [9.17, 15) is 0 Å². The van der Waals surface area contributed by atoms with Gasteiger partial charge in [-0.05, 0) is 47.5 Å². The maximum atomic E-state index is 5.84. The monoisotopic (exact) mass is 213 g/mol. The van der Waals surface area contributed by atoms with Crippen molar-refractivity contribution in [2.75, 3.05) is 6.54 Å². The summed E-state index contributed by atoms with van der Waals surface area (Å²) in [4.78, 5) is 0. The largest absolute Gasteiger partial charge is 0.449 e. The third-order valence-corrected chi connectivity index (χ3v) is 3.46. The molecule has 0 saturated carbocycles. The number of furan rings is 1. The molecule has 0 bridgehead atoms. The first kappa shape index (κ1) is 10.1. The topological polar surface area (TPSA) is 39.2 Å². The molecule has 0 aliphatic heterocycles. The van der Waals surface area contributed by atoms with Crippen LogP contribution in [0.3, 0.4) is 0 Å². The van der Waals surface area contributed by atoms with Crippen LogP contribution in [0.5, 0.6) is 0 Å². The third kappa shape index (κ3) is 1.47. The normalized spacial score (nSPS) is 27.7. The van der Waals surface area contributed by atoms with Crippen molar-refractivity contribution in [3.8, 4) is 0 Å². The Kier molecular flexibility index (Phi) is 2.58. The lowest BCUT2D eigenvalue weighted by Crippen LogP contribution is -2.21. The predicted molar refractivity (Wildman–Crippen MR) is 57.5 cm³/mol. The zero-order chi connectivity index (χ0) is 10.3. The first-order chi connectivity index (χ1) is 6.63. The summed E-state index contributed by atoms with van der Waals surface area (Å²) < 4.78 is 5.45. The first-order valence-corrected chi connectivity index (χ1v) is 5.49. The van der Waals surface area contributed by atoms with Gasteiger partial charge >= 0.3 is 0 Å². The second-order valence-electron chi connectivity index (χ2n) is 4.35. The van der Waals surface area contributed by atoms with E-state index in [0.29, 0.717) is 23.0 Å². The van der Waals surface area contributed by atoms with E-state index in [2.05, 4.69) is 13.8 Å². The Morgan fingerprint density at radius 3 is 3.07 bits per heavy atom. The minimum absolute atomic E-state index is 0.500. The quantitative estimate of drug-likeness (QED) is 0.821. The van der Waals surface area contributed by atoms with Crippen LogP contribution >= 0.6 is 11.6 Å². The lowest BCUT2D eigenvalue weighted by molar-refractivity contribution is 0.369. The van der Waals surface area contributed by atoms with Gasteiger partial charge < -0.3 is 10.2 Å². The van der Waals surface area contributed by atoms with E-state index in [1.807, 2.05) is 6.07 Å². The molecular formula is C11H16ClNO. The molecule has 2 nitrogen and oxygen atoms in total. The van der Waals surface area contributed by atoms with Gasteiger partial charge in [0.25, 0.3) is 0 Å². The number of fused-ring (bicyclic) bond motifs is 1. The second-order valence-corrected chi connectivity index (χ2v) is 4.72. The molecule has 78 valence electrons. The Morgan fingerprint density at radius 1 is 1.71 bits per heavy atom. The lowest BCUT2D eigenvalue weighted by atomic mass is 9.83. The SMILES string of the molecule is CC(CN)C1c2cc(Cl)oc2CC1C. The van der Waals surface area contributed by atoms with Gasteiger partial charge in [0.05, 0.1) is 0 Å². The molecule has 0 amide bonds. The Balaban J connectivity index is 2.32. The molecule has 1 heterocycles. The van der Waals surface area contributed by atoms with Crippen molar-refractivity contribution in [2.24, 2.45) is 17.6 Å². The van der Waals surface area contributed by atoms with E-state index in [1.54, 1.807) is 0 Å². The smallest absolute Gasteiger partial charge is 0.193 e. The summed E-state index contributed by atoms with van der Waals surface area (Å²) in [5.74, 6) is 2.71. The van der Waals surface area contributed by atoms with Gasteiger partial charge in [0.2, 0.25) is 0 Å². The van der Waals surface area contributed by atoms with E-state index in [-0.39, 0.29) is 0 Å². The van der Waals surface area contributed by atoms with Crippen LogP contribution in [-0.4, -0.2) is 6.54 Å². The van der Waals surface area contributed by atoms with Gasteiger partial charge in [-0.3, -0.25) is 0 Å². The second kappa shape index (κ2) is 3.59. The van der Waals surface area contributed by atoms with E-state index >= 15 is 0 Å². The van der Waals surface area contributed by atoms with Gasteiger partial charge in [-0.2, -0.15) is 0 Å². The highest BCUT2D eigenvalue weighted by molar-refractivity contribution is 6.28. The fourth-order valence-electron chi connectivity index (χ4n) is 2.59. The minimum Gasteiger partial charge on any atom is -0.449 e. The van der Waals surface area contributed by atoms with E-state index < -0.39 is 0 Å². The van der Waals surface area contributed by atoms with E-state index in [1.165, 1.54) is 5.56 Å². The maximum absolute atomic E-state index is 5.84. The van der Waals surface area contributed by atoms with Crippen molar-refractivity contribution < 1.29 is 4.42 Å². The molecule has 0 spiro atoms. The zero-order valence-electron chi connectivity index (χ0n) is 8.59. The molecule has 0 saturated heterocycles. The average molecular weight is 214 g/mol. The highest BCUT2D eigenvalue weighted by atomic mass is 35.5. The Bertz CT molecular complexity index is 334. The van der Waals surface area contributed by atoms with Gasteiger partial charge in [0, 0.05) is 6.42 Å². The van der Waals surface area contributed by atoms with Crippen LogP contribution in [0.4, 0.5) is 0 Å². The van der Waals surface area contributed by atoms with Crippen LogP contribution < -0.4 is 5.73 Å². The van der Waals surface area contributed by atoms with Crippen LogP contribution in [0.2, 0.25) is 5.22 Å². The molecule has 1 aromatic rings. The zero-order valence-corrected chi connectivity index (χ0v) is 9.34. The standard InChI is InChI=1S/C11H16ClNO/c1-6-3-9-8(4-10(12)14-9)11(6)7(2)5-13/h4,6-7,11H,3,5,13H2,1-2H3. The van der Waals surface area contributed by atoms with Crippen molar-refractivity contribution in [3.63, 3.8) is 0 Å². The summed E-state index contributed by atoms with van der Waals surface area (Å²) in [6, 6.07) is 1.96. The molecule has 14 heavy (non-hydrogen) atoms. The molecule has 2 rings (SSSR count). The van der Waals surface area contributed by atoms with Gasteiger partial charge in [-0.15, -0.1) is 0 Å². The van der Waals surface area contributed by atoms with Crippen molar-refractivity contribution >= 4 is 11.6 Å². The van der Waals surface area contributed by atoms with Crippen LogP contribution in [0, 0.1) is 11.8 Å². The minimum atomic E-state index is 0.500. The summed E-state index contributed by atoms with van der Waals surface area (Å²) in [6.45, 7) is 5.16. The number of nitrogens with two attached hydrogens (primary N) is 1. The number of rotatable bonds is 2. The van der Waals surface area contributed by atoms with Crippen molar-refractivity contribution in [2.45, 2.75) is 26.2 Å². The van der Waals surface area contributed by atoms with Crippen molar-refractivity contribution in [3.05, 3.63) is 22.6 Å². The van der Waals surface area contributed by atoms with Crippen LogP contribution in [0.25, 0.3) is 0 Å². The molecule has 1 aromatic heterocycles. The van der Waals surface area contributed by atoms with Gasteiger partial charge in [0.1, 0.15) is 5.76 Å². The van der Waals surface area contributed by atoms with Crippen molar-refractivity contribution in [1.82, 2.24) is 0 Å². The van der Waals surface area contributed by atoms with Crippen molar-refractivity contribution in [1.29, 1.82) is 0 Å². The van der Waals surface area contributed by atoms with E-state index in [4.69, 9.17) is 21.8 Å². The molecule has 1 aliphatic carbocycles. The molecule has 3 unspecified atom stereocenters. The Labute approximate surface area is 89.4 Å². The highest BCUT2D eigenvalue weighted by Crippen LogP contribution is 2.44. The molecule has 3 atom stereocenters. The lowest BCUT2D eigenvalue weighted by Gasteiger charge is -2.22. The molecule has 0 aromatic carbocycles. The van der Waals surface area contributed by atoms with Gasteiger partial charge in [-0.1, -0.05) is 13.8 Å². The molecule has 1 aliphatic rings. The number of hydrogen-bond donors (Lipinski definition) is 1. The molecule has 3 heteroatoms. The average Bonchev–Trinajstić information content (AvgIpc) is 2.58. The molecule has 0 fully saturated rings. The van der Waals surface area contributed by atoms with Gasteiger partial charge in [-0.25, -0.2) is 0 Å². The fourth-order valence-corrected chi connectivity index (χ4v) is 2.80. The molecule has 0 radical (unpaired) electrons. The Hall–Kier alpha value is -0.470.